The summed E-state index contributed by atoms with van der Waals surface area (Å²) in [5, 5.41) is 9.24. The molecule has 5 rings (SSSR count). The first kappa shape index (κ1) is 41.1. The van der Waals surface area contributed by atoms with E-state index in [0.717, 1.165) is 33.4 Å². The summed E-state index contributed by atoms with van der Waals surface area (Å²) in [5.41, 5.74) is -0.433. The van der Waals surface area contributed by atoms with Gasteiger partial charge in [0.2, 0.25) is 0 Å². The standard InChI is InChI=1S/C40H48N2O12Si/c1-48-30-15-11-28(12-16-30)40(27-9-7-6-8-10-27,29-13-17-31(49-2)18-14-29)52-25-32-36(51-26-50-23-24-55(3,4)5)37(54-35(46)20-19-34(44)45)38(53-32)42-22-21-33(43)41-39(42)47/h6-18,21-22,32,36-38H,19-20,23-26H2,1-5H3,(H,44,45)(H,41,43,47)/t32-,36-,37-,38-/m1/s1. The molecule has 15 heteroatoms. The lowest BCUT2D eigenvalue weighted by Gasteiger charge is -2.37. The molecule has 4 aromatic rings. The molecule has 0 spiro atoms. The zero-order chi connectivity index (χ0) is 39.6. The second kappa shape index (κ2) is 18.5. The fourth-order valence-corrected chi connectivity index (χ4v) is 7.04. The summed E-state index contributed by atoms with van der Waals surface area (Å²) in [6.45, 7) is 6.72. The average molecular weight is 777 g/mol. The van der Waals surface area contributed by atoms with Gasteiger partial charge in [0.15, 0.2) is 12.3 Å². The summed E-state index contributed by atoms with van der Waals surface area (Å²) in [7, 11) is 1.73. The molecule has 4 atom stereocenters. The van der Waals surface area contributed by atoms with Gasteiger partial charge >= 0.3 is 17.6 Å². The lowest BCUT2D eigenvalue weighted by atomic mass is 9.80. The van der Waals surface area contributed by atoms with E-state index in [-0.39, 0.29) is 13.4 Å². The Labute approximate surface area is 319 Å². The molecule has 3 aromatic carbocycles. The van der Waals surface area contributed by atoms with Gasteiger partial charge in [-0.25, -0.2) is 4.79 Å². The predicted molar refractivity (Wildman–Crippen MR) is 204 cm³/mol. The summed E-state index contributed by atoms with van der Waals surface area (Å²) in [6, 6.07) is 26.6. The van der Waals surface area contributed by atoms with Crippen LogP contribution in [0.1, 0.15) is 35.8 Å². The molecular formula is C40H48N2O12Si. The van der Waals surface area contributed by atoms with Crippen molar-refractivity contribution in [1.29, 1.82) is 0 Å². The van der Waals surface area contributed by atoms with E-state index in [0.29, 0.717) is 18.1 Å². The lowest BCUT2D eigenvalue weighted by molar-refractivity contribution is -0.170. The molecule has 55 heavy (non-hydrogen) atoms. The van der Waals surface area contributed by atoms with Crippen LogP contribution in [0.3, 0.4) is 0 Å². The number of esters is 1. The van der Waals surface area contributed by atoms with Gasteiger partial charge in [-0.1, -0.05) is 74.2 Å². The average Bonchev–Trinajstić information content (AvgIpc) is 3.50. The number of carbonyl (C=O) groups is 2. The number of H-pyrrole nitrogens is 1. The number of carbonyl (C=O) groups excluding carboxylic acids is 1. The zero-order valence-electron chi connectivity index (χ0n) is 31.6. The molecule has 1 aliphatic rings. The highest BCUT2D eigenvalue weighted by atomic mass is 28.3. The minimum atomic E-state index is -1.44. The molecule has 2 N–H and O–H groups in total. The van der Waals surface area contributed by atoms with Crippen LogP contribution in [0, 0.1) is 0 Å². The molecule has 0 saturated carbocycles. The number of methoxy groups -OCH3 is 2. The number of nitrogens with one attached hydrogen (secondary N) is 1. The first-order valence-electron chi connectivity index (χ1n) is 17.9. The zero-order valence-corrected chi connectivity index (χ0v) is 32.6. The van der Waals surface area contributed by atoms with Gasteiger partial charge in [0.1, 0.15) is 36.1 Å². The quantitative estimate of drug-likeness (QED) is 0.0433. The van der Waals surface area contributed by atoms with Crippen LogP contribution in [0.2, 0.25) is 25.7 Å². The number of aliphatic carboxylic acids is 1. The van der Waals surface area contributed by atoms with E-state index in [4.69, 9.17) is 33.2 Å². The maximum Gasteiger partial charge on any atom is 0.330 e. The number of carboxylic acids is 1. The minimum absolute atomic E-state index is 0.176. The highest BCUT2D eigenvalue weighted by Gasteiger charge is 2.51. The van der Waals surface area contributed by atoms with E-state index < -0.39 is 74.2 Å². The van der Waals surface area contributed by atoms with Crippen LogP contribution in [0.25, 0.3) is 0 Å². The molecule has 0 unspecified atom stereocenters. The van der Waals surface area contributed by atoms with Gasteiger partial charge in [-0.2, -0.15) is 0 Å². The normalized spacial score (nSPS) is 18.5. The lowest BCUT2D eigenvalue weighted by Crippen LogP contribution is -2.43. The molecule has 1 aromatic heterocycles. The van der Waals surface area contributed by atoms with Gasteiger partial charge in [0.05, 0.1) is 33.7 Å². The SMILES string of the molecule is COc1ccc(C(OC[C@H]2O[C@@H](n3ccc(=O)[nH]c3=O)[C@H](OC(=O)CCC(=O)O)[C@@H]2OCOCC[Si](C)(C)C)(c2ccccc2)c2ccc(OC)cc2)cc1. The van der Waals surface area contributed by atoms with Crippen molar-refractivity contribution in [1.82, 2.24) is 9.55 Å². The number of aromatic amines is 1. The van der Waals surface area contributed by atoms with Crippen molar-refractivity contribution in [3.63, 3.8) is 0 Å². The summed E-state index contributed by atoms with van der Waals surface area (Å²) in [5.74, 6) is -0.742. The van der Waals surface area contributed by atoms with Crippen LogP contribution in [0.4, 0.5) is 0 Å². The van der Waals surface area contributed by atoms with Crippen molar-refractivity contribution in [2.45, 2.75) is 68.7 Å². The fraction of sp³-hybridized carbons (Fsp3) is 0.400. The Morgan fingerprint density at radius 3 is 1.98 bits per heavy atom. The van der Waals surface area contributed by atoms with Gasteiger partial charge in [-0.05, 0) is 47.0 Å². The second-order valence-electron chi connectivity index (χ2n) is 14.2. The number of carboxylic acid groups (broad SMARTS) is 1. The third-order valence-electron chi connectivity index (χ3n) is 9.20. The maximum absolute atomic E-state index is 13.2. The molecule has 294 valence electrons. The Morgan fingerprint density at radius 2 is 1.44 bits per heavy atom. The highest BCUT2D eigenvalue weighted by Crippen LogP contribution is 2.43. The van der Waals surface area contributed by atoms with Gasteiger partial charge in [0, 0.05) is 26.9 Å². The summed E-state index contributed by atoms with van der Waals surface area (Å²) >= 11 is 0. The van der Waals surface area contributed by atoms with Crippen molar-refractivity contribution in [2.24, 2.45) is 0 Å². The summed E-state index contributed by atoms with van der Waals surface area (Å²) in [4.78, 5) is 51.8. The van der Waals surface area contributed by atoms with Crippen molar-refractivity contribution < 1.29 is 47.9 Å². The van der Waals surface area contributed by atoms with Crippen molar-refractivity contribution in [2.75, 3.05) is 34.2 Å². The molecule has 1 fully saturated rings. The van der Waals surface area contributed by atoms with Crippen LogP contribution in [0.5, 0.6) is 11.5 Å². The van der Waals surface area contributed by atoms with E-state index in [2.05, 4.69) is 24.6 Å². The number of benzene rings is 3. The number of aromatic nitrogens is 2. The minimum Gasteiger partial charge on any atom is -0.497 e. The van der Waals surface area contributed by atoms with Crippen molar-refractivity contribution in [3.8, 4) is 11.5 Å². The van der Waals surface area contributed by atoms with Gasteiger partial charge < -0.3 is 38.3 Å². The Kier molecular flexibility index (Phi) is 13.8. The molecule has 0 bridgehead atoms. The fourth-order valence-electron chi connectivity index (χ4n) is 6.29. The Balaban J connectivity index is 1.59. The molecule has 2 heterocycles. The number of hydrogen-bond donors (Lipinski definition) is 2. The number of nitrogens with zero attached hydrogens (tertiary/aromatic N) is 1. The Hall–Kier alpha value is -5.06. The first-order chi connectivity index (χ1) is 26.3. The smallest absolute Gasteiger partial charge is 0.330 e. The first-order valence-corrected chi connectivity index (χ1v) is 21.6. The molecular weight excluding hydrogens is 729 g/mol. The largest absolute Gasteiger partial charge is 0.497 e. The summed E-state index contributed by atoms with van der Waals surface area (Å²) < 4.78 is 43.7. The Bertz CT molecular complexity index is 1930. The van der Waals surface area contributed by atoms with E-state index >= 15 is 0 Å². The van der Waals surface area contributed by atoms with Gasteiger partial charge in [0.25, 0.3) is 5.56 Å². The van der Waals surface area contributed by atoms with Gasteiger partial charge in [-0.15, -0.1) is 0 Å². The second-order valence-corrected chi connectivity index (χ2v) is 19.8. The molecule has 0 aliphatic carbocycles. The molecule has 14 nitrogen and oxygen atoms in total. The molecule has 1 saturated heterocycles. The van der Waals surface area contributed by atoms with E-state index in [1.165, 1.54) is 6.20 Å². The van der Waals surface area contributed by atoms with E-state index in [1.807, 2.05) is 78.9 Å². The van der Waals surface area contributed by atoms with Crippen molar-refractivity contribution >= 4 is 20.0 Å². The van der Waals surface area contributed by atoms with Gasteiger partial charge in [-0.3, -0.25) is 23.9 Å². The van der Waals surface area contributed by atoms with Crippen LogP contribution in [-0.4, -0.2) is 87.2 Å². The Morgan fingerprint density at radius 1 is 0.836 bits per heavy atom. The molecule has 0 amide bonds. The number of ether oxygens (including phenoxy) is 7. The van der Waals surface area contributed by atoms with E-state index in [1.54, 1.807) is 14.2 Å². The van der Waals surface area contributed by atoms with Crippen LogP contribution < -0.4 is 20.7 Å². The maximum atomic E-state index is 13.2. The van der Waals surface area contributed by atoms with Crippen LogP contribution in [-0.2, 0) is 38.9 Å². The van der Waals surface area contributed by atoms with Crippen LogP contribution >= 0.6 is 0 Å². The van der Waals surface area contributed by atoms with Crippen LogP contribution in [0.15, 0.2) is 101 Å². The number of rotatable bonds is 19. The van der Waals surface area contributed by atoms with E-state index in [9.17, 15) is 24.3 Å². The molecule has 1 aliphatic heterocycles. The topological polar surface area (TPSA) is 174 Å². The monoisotopic (exact) mass is 776 g/mol. The predicted octanol–water partition coefficient (Wildman–Crippen LogP) is 4.93. The highest BCUT2D eigenvalue weighted by molar-refractivity contribution is 6.76. The summed E-state index contributed by atoms with van der Waals surface area (Å²) in [6.07, 6.45) is -4.34. The molecule has 0 radical (unpaired) electrons. The number of hydrogen-bond acceptors (Lipinski definition) is 11. The van der Waals surface area contributed by atoms with Crippen molar-refractivity contribution in [3.05, 3.63) is 129 Å². The third-order valence-corrected chi connectivity index (χ3v) is 10.9. The third kappa shape index (κ3) is 10.4.